The summed E-state index contributed by atoms with van der Waals surface area (Å²) in [5, 5.41) is 2.80. The topological polar surface area (TPSA) is 46.9 Å². The molecule has 2 aromatic heterocycles. The highest BCUT2D eigenvalue weighted by Gasteiger charge is 2.13. The summed E-state index contributed by atoms with van der Waals surface area (Å²) in [6.45, 7) is 4.61. The normalized spacial score (nSPS) is 10.5. The van der Waals surface area contributed by atoms with Gasteiger partial charge in [-0.05, 0) is 63.9 Å². The fourth-order valence-corrected chi connectivity index (χ4v) is 2.41. The van der Waals surface area contributed by atoms with Crippen LogP contribution in [0.5, 0.6) is 0 Å². The van der Waals surface area contributed by atoms with E-state index in [2.05, 4.69) is 42.2 Å². The Morgan fingerprint density at radius 2 is 2.16 bits per heavy atom. The second-order valence-corrected chi connectivity index (χ2v) is 5.82. The summed E-state index contributed by atoms with van der Waals surface area (Å²) in [5.74, 6) is 0.382. The van der Waals surface area contributed by atoms with Crippen LogP contribution in [0.3, 0.4) is 0 Å². The van der Waals surface area contributed by atoms with Crippen molar-refractivity contribution >= 4 is 43.6 Å². The van der Waals surface area contributed by atoms with Crippen LogP contribution in [-0.2, 0) is 6.54 Å². The van der Waals surface area contributed by atoms with Crippen molar-refractivity contribution in [2.24, 2.45) is 0 Å². The van der Waals surface area contributed by atoms with Gasteiger partial charge in [0, 0.05) is 21.7 Å². The lowest BCUT2D eigenvalue weighted by molar-refractivity contribution is 0.101. The number of nitrogens with zero attached hydrogens (tertiary/aromatic N) is 2. The average Bonchev–Trinajstić information content (AvgIpc) is 2.75. The largest absolute Gasteiger partial charge is 0.343 e. The maximum absolute atomic E-state index is 12.2. The Morgan fingerprint density at radius 1 is 1.42 bits per heavy atom. The third kappa shape index (κ3) is 3.25. The van der Waals surface area contributed by atoms with E-state index in [4.69, 9.17) is 0 Å². The van der Waals surface area contributed by atoms with E-state index < -0.39 is 0 Å². The summed E-state index contributed by atoms with van der Waals surface area (Å²) in [6.07, 6.45) is 1.88. The molecule has 2 heterocycles. The van der Waals surface area contributed by atoms with Gasteiger partial charge in [-0.1, -0.05) is 0 Å². The lowest BCUT2D eigenvalue weighted by Crippen LogP contribution is -2.17. The van der Waals surface area contributed by atoms with Crippen molar-refractivity contribution in [3.05, 3.63) is 44.7 Å². The van der Waals surface area contributed by atoms with Crippen LogP contribution in [0.25, 0.3) is 0 Å². The minimum Gasteiger partial charge on any atom is -0.343 e. The molecule has 0 bridgehead atoms. The van der Waals surface area contributed by atoms with Crippen LogP contribution < -0.4 is 5.32 Å². The molecule has 0 atom stereocenters. The second-order valence-electron chi connectivity index (χ2n) is 4.05. The molecule has 0 aliphatic rings. The van der Waals surface area contributed by atoms with Gasteiger partial charge in [0.25, 0.3) is 5.91 Å². The molecule has 6 heteroatoms. The van der Waals surface area contributed by atoms with Crippen molar-refractivity contribution in [3.63, 3.8) is 0 Å². The SMILES string of the molecule is CCn1cc(Br)cc1C(=O)Nc1ccc(Br)c(C)n1. The van der Waals surface area contributed by atoms with Crippen LogP contribution in [-0.4, -0.2) is 15.5 Å². The fourth-order valence-electron chi connectivity index (χ4n) is 1.72. The summed E-state index contributed by atoms with van der Waals surface area (Å²) in [6, 6.07) is 5.43. The highest BCUT2D eigenvalue weighted by atomic mass is 79.9. The number of anilines is 1. The number of aryl methyl sites for hydroxylation is 2. The van der Waals surface area contributed by atoms with Crippen molar-refractivity contribution in [1.29, 1.82) is 0 Å². The zero-order valence-electron chi connectivity index (χ0n) is 10.6. The van der Waals surface area contributed by atoms with Crippen molar-refractivity contribution in [2.75, 3.05) is 5.32 Å². The number of aromatic nitrogens is 2. The van der Waals surface area contributed by atoms with Crippen LogP contribution >= 0.6 is 31.9 Å². The quantitative estimate of drug-likeness (QED) is 0.866. The second kappa shape index (κ2) is 5.88. The van der Waals surface area contributed by atoms with Gasteiger partial charge >= 0.3 is 0 Å². The van der Waals surface area contributed by atoms with Crippen LogP contribution in [0.4, 0.5) is 5.82 Å². The molecule has 0 aromatic carbocycles. The number of amides is 1. The molecular formula is C13H13Br2N3O. The first-order valence-electron chi connectivity index (χ1n) is 5.81. The first-order chi connectivity index (χ1) is 9.01. The molecule has 0 unspecified atom stereocenters. The zero-order valence-corrected chi connectivity index (χ0v) is 13.7. The molecule has 0 saturated heterocycles. The van der Waals surface area contributed by atoms with Crippen molar-refractivity contribution in [1.82, 2.24) is 9.55 Å². The molecule has 0 radical (unpaired) electrons. The van der Waals surface area contributed by atoms with Crippen molar-refractivity contribution < 1.29 is 4.79 Å². The van der Waals surface area contributed by atoms with Gasteiger partial charge in [0.2, 0.25) is 0 Å². The molecular weight excluding hydrogens is 374 g/mol. The highest BCUT2D eigenvalue weighted by molar-refractivity contribution is 9.10. The van der Waals surface area contributed by atoms with E-state index in [9.17, 15) is 4.79 Å². The maximum Gasteiger partial charge on any atom is 0.273 e. The van der Waals surface area contributed by atoms with E-state index in [-0.39, 0.29) is 5.91 Å². The lowest BCUT2D eigenvalue weighted by Gasteiger charge is -2.08. The summed E-state index contributed by atoms with van der Waals surface area (Å²) < 4.78 is 3.69. The standard InChI is InChI=1S/C13H13Br2N3O/c1-3-18-7-9(14)6-11(18)13(19)17-12-5-4-10(15)8(2)16-12/h4-7H,3H2,1-2H3,(H,16,17,19). The molecule has 1 amide bonds. The Hall–Kier alpha value is -1.14. The van der Waals surface area contributed by atoms with Crippen LogP contribution in [0.1, 0.15) is 23.1 Å². The minimum absolute atomic E-state index is 0.165. The van der Waals surface area contributed by atoms with Gasteiger partial charge in [0.1, 0.15) is 11.5 Å². The molecule has 1 N–H and O–H groups in total. The van der Waals surface area contributed by atoms with Gasteiger partial charge in [-0.15, -0.1) is 0 Å². The van der Waals surface area contributed by atoms with Gasteiger partial charge in [-0.2, -0.15) is 0 Å². The average molecular weight is 387 g/mol. The van der Waals surface area contributed by atoms with Gasteiger partial charge in [-0.25, -0.2) is 4.98 Å². The number of nitrogens with one attached hydrogen (secondary N) is 1. The molecule has 2 rings (SSSR count). The van der Waals surface area contributed by atoms with E-state index in [1.807, 2.05) is 30.7 Å². The van der Waals surface area contributed by atoms with E-state index in [0.717, 1.165) is 21.2 Å². The van der Waals surface area contributed by atoms with Crippen LogP contribution in [0, 0.1) is 6.92 Å². The number of hydrogen-bond acceptors (Lipinski definition) is 2. The molecule has 4 nitrogen and oxygen atoms in total. The first-order valence-corrected chi connectivity index (χ1v) is 7.40. The third-order valence-electron chi connectivity index (χ3n) is 2.70. The minimum atomic E-state index is -0.165. The Morgan fingerprint density at radius 3 is 2.79 bits per heavy atom. The number of rotatable bonds is 3. The Labute approximate surface area is 128 Å². The molecule has 100 valence electrons. The molecule has 0 aliphatic heterocycles. The monoisotopic (exact) mass is 385 g/mol. The lowest BCUT2D eigenvalue weighted by atomic mass is 10.3. The summed E-state index contributed by atoms with van der Waals surface area (Å²) in [7, 11) is 0. The van der Waals surface area contributed by atoms with Crippen molar-refractivity contribution in [2.45, 2.75) is 20.4 Å². The van der Waals surface area contributed by atoms with E-state index in [1.54, 1.807) is 12.1 Å². The van der Waals surface area contributed by atoms with Gasteiger partial charge in [0.05, 0.1) is 5.69 Å². The van der Waals surface area contributed by atoms with Gasteiger partial charge in [0.15, 0.2) is 0 Å². The molecule has 0 spiro atoms. The number of hydrogen-bond donors (Lipinski definition) is 1. The number of carbonyl (C=O) groups excluding carboxylic acids is 1. The Kier molecular flexibility index (Phi) is 4.42. The Bertz CT molecular complexity index is 622. The third-order valence-corrected chi connectivity index (χ3v) is 3.97. The summed E-state index contributed by atoms with van der Waals surface area (Å²) in [4.78, 5) is 16.5. The van der Waals surface area contributed by atoms with E-state index in [0.29, 0.717) is 11.5 Å². The number of carbonyl (C=O) groups is 1. The van der Waals surface area contributed by atoms with E-state index in [1.165, 1.54) is 0 Å². The van der Waals surface area contributed by atoms with E-state index >= 15 is 0 Å². The summed E-state index contributed by atoms with van der Waals surface area (Å²) >= 11 is 6.76. The van der Waals surface area contributed by atoms with Crippen LogP contribution in [0.2, 0.25) is 0 Å². The van der Waals surface area contributed by atoms with Gasteiger partial charge in [-0.3, -0.25) is 4.79 Å². The number of halogens is 2. The molecule has 0 saturated carbocycles. The van der Waals surface area contributed by atoms with Crippen LogP contribution in [0.15, 0.2) is 33.3 Å². The fraction of sp³-hybridized carbons (Fsp3) is 0.231. The van der Waals surface area contributed by atoms with Crippen molar-refractivity contribution in [3.8, 4) is 0 Å². The predicted octanol–water partition coefficient (Wildman–Crippen LogP) is 3.99. The zero-order chi connectivity index (χ0) is 14.0. The summed E-state index contributed by atoms with van der Waals surface area (Å²) in [5.41, 5.74) is 1.45. The molecule has 0 fully saturated rings. The first kappa shape index (κ1) is 14.3. The molecule has 2 aromatic rings. The number of pyridine rings is 1. The maximum atomic E-state index is 12.2. The molecule has 0 aliphatic carbocycles. The van der Waals surface area contributed by atoms with Gasteiger partial charge < -0.3 is 9.88 Å². The smallest absolute Gasteiger partial charge is 0.273 e. The predicted molar refractivity (Wildman–Crippen MR) is 82.4 cm³/mol. The highest BCUT2D eigenvalue weighted by Crippen LogP contribution is 2.18. The molecule has 19 heavy (non-hydrogen) atoms. The Balaban J connectivity index is 2.22.